The Hall–Kier alpha value is -4.23. The SMILES string of the molecule is COc1cccc([C@H]2C(C(=O)Nc3ccccc3)=C(C)N=c3s/c(=C\c4ccc(C(C)(C)C)cc4)c(=O)n32)c1. The van der Waals surface area contributed by atoms with Crippen molar-refractivity contribution in [2.45, 2.75) is 39.2 Å². The van der Waals surface area contributed by atoms with Crippen molar-refractivity contribution < 1.29 is 9.53 Å². The average molecular weight is 538 g/mol. The number of hydrogen-bond donors (Lipinski definition) is 1. The summed E-state index contributed by atoms with van der Waals surface area (Å²) in [5, 5.41) is 2.98. The van der Waals surface area contributed by atoms with Crippen molar-refractivity contribution in [2.75, 3.05) is 12.4 Å². The Balaban J connectivity index is 1.65. The van der Waals surface area contributed by atoms with Gasteiger partial charge < -0.3 is 10.1 Å². The number of thiazole rings is 1. The van der Waals surface area contributed by atoms with Crippen LogP contribution >= 0.6 is 11.3 Å². The molecule has 2 heterocycles. The normalized spacial score (nSPS) is 15.5. The average Bonchev–Trinajstić information content (AvgIpc) is 3.22. The van der Waals surface area contributed by atoms with Crippen LogP contribution in [-0.4, -0.2) is 17.6 Å². The van der Waals surface area contributed by atoms with E-state index in [0.717, 1.165) is 11.1 Å². The molecule has 1 aliphatic heterocycles. The number of allylic oxidation sites excluding steroid dienone is 1. The predicted octanol–water partition coefficient (Wildman–Crippen LogP) is 5.18. The van der Waals surface area contributed by atoms with Crippen LogP contribution in [0.15, 0.2) is 99.9 Å². The molecular weight excluding hydrogens is 506 g/mol. The highest BCUT2D eigenvalue weighted by atomic mass is 32.1. The van der Waals surface area contributed by atoms with Crippen molar-refractivity contribution in [1.29, 1.82) is 0 Å². The summed E-state index contributed by atoms with van der Waals surface area (Å²) in [6.07, 6.45) is 1.89. The minimum Gasteiger partial charge on any atom is -0.497 e. The number of nitrogens with zero attached hydrogens (tertiary/aromatic N) is 2. The van der Waals surface area contributed by atoms with Gasteiger partial charge in [0.25, 0.3) is 11.5 Å². The molecule has 0 spiro atoms. The van der Waals surface area contributed by atoms with Crippen LogP contribution in [0.3, 0.4) is 0 Å². The van der Waals surface area contributed by atoms with Crippen LogP contribution in [0.25, 0.3) is 6.08 Å². The minimum atomic E-state index is -0.662. The number of amides is 1. The van der Waals surface area contributed by atoms with E-state index < -0.39 is 6.04 Å². The van der Waals surface area contributed by atoms with Gasteiger partial charge in [0, 0.05) is 5.69 Å². The fraction of sp³-hybridized carbons (Fsp3) is 0.219. The van der Waals surface area contributed by atoms with Crippen LogP contribution in [0, 0.1) is 0 Å². The van der Waals surface area contributed by atoms with Crippen molar-refractivity contribution in [3.05, 3.63) is 127 Å². The molecule has 7 heteroatoms. The van der Waals surface area contributed by atoms with E-state index in [-0.39, 0.29) is 16.9 Å². The van der Waals surface area contributed by atoms with Crippen molar-refractivity contribution in [2.24, 2.45) is 4.99 Å². The van der Waals surface area contributed by atoms with Crippen LogP contribution < -0.4 is 24.9 Å². The maximum atomic E-state index is 13.9. The van der Waals surface area contributed by atoms with Crippen LogP contribution in [0.1, 0.15) is 50.4 Å². The molecule has 1 atom stereocenters. The number of benzene rings is 3. The molecule has 3 aromatic carbocycles. The van der Waals surface area contributed by atoms with Gasteiger partial charge in [0.1, 0.15) is 5.75 Å². The summed E-state index contributed by atoms with van der Waals surface area (Å²) >= 11 is 1.33. The van der Waals surface area contributed by atoms with Crippen molar-refractivity contribution >= 4 is 29.0 Å². The zero-order valence-corrected chi connectivity index (χ0v) is 23.5. The molecule has 1 aromatic heterocycles. The summed E-state index contributed by atoms with van der Waals surface area (Å²) in [6, 6.07) is 24.3. The van der Waals surface area contributed by atoms with Gasteiger partial charge in [-0.2, -0.15) is 0 Å². The van der Waals surface area contributed by atoms with Gasteiger partial charge in [-0.15, -0.1) is 0 Å². The molecule has 198 valence electrons. The molecule has 0 fully saturated rings. The second-order valence-electron chi connectivity index (χ2n) is 10.6. The number of aromatic nitrogens is 1. The molecule has 0 unspecified atom stereocenters. The first-order valence-corrected chi connectivity index (χ1v) is 13.6. The standard InChI is InChI=1S/C32H31N3O3S/c1-20-27(29(36)34-24-11-7-6-8-12-24)28(22-10-9-13-25(19-22)38-5)35-30(37)26(39-31(35)33-20)18-21-14-16-23(17-15-21)32(2,3)4/h6-19,28H,1-5H3,(H,34,36)/b26-18-/t28-/m0/s1. The fourth-order valence-electron chi connectivity index (χ4n) is 4.69. The number of rotatable bonds is 5. The highest BCUT2D eigenvalue weighted by Crippen LogP contribution is 2.32. The van der Waals surface area contributed by atoms with Gasteiger partial charge in [0.2, 0.25) is 0 Å². The monoisotopic (exact) mass is 537 g/mol. The third-order valence-corrected chi connectivity index (χ3v) is 7.76. The molecule has 6 nitrogen and oxygen atoms in total. The second kappa shape index (κ2) is 10.5. The van der Waals surface area contributed by atoms with E-state index in [9.17, 15) is 9.59 Å². The Kier molecular flexibility index (Phi) is 7.10. The van der Waals surface area contributed by atoms with Gasteiger partial charge in [-0.1, -0.05) is 86.7 Å². The predicted molar refractivity (Wildman–Crippen MR) is 157 cm³/mol. The zero-order chi connectivity index (χ0) is 27.7. The zero-order valence-electron chi connectivity index (χ0n) is 22.7. The molecule has 0 radical (unpaired) electrons. The molecular formula is C32H31N3O3S. The van der Waals surface area contributed by atoms with Crippen LogP contribution in [-0.2, 0) is 10.2 Å². The maximum absolute atomic E-state index is 13.9. The summed E-state index contributed by atoms with van der Waals surface area (Å²) in [7, 11) is 1.60. The molecule has 5 rings (SSSR count). The van der Waals surface area contributed by atoms with E-state index in [1.165, 1.54) is 16.9 Å². The lowest BCUT2D eigenvalue weighted by Gasteiger charge is -2.25. The van der Waals surface area contributed by atoms with E-state index in [2.05, 4.69) is 38.2 Å². The molecule has 1 amide bonds. The number of nitrogens with one attached hydrogen (secondary N) is 1. The molecule has 0 saturated carbocycles. The first kappa shape index (κ1) is 26.4. The number of anilines is 1. The van der Waals surface area contributed by atoms with Gasteiger partial charge >= 0.3 is 0 Å². The summed E-state index contributed by atoms with van der Waals surface area (Å²) in [6.45, 7) is 8.33. The first-order chi connectivity index (χ1) is 18.7. The smallest absolute Gasteiger partial charge is 0.271 e. The molecule has 0 saturated heterocycles. The Bertz CT molecular complexity index is 1740. The Morgan fingerprint density at radius 3 is 2.41 bits per heavy atom. The summed E-state index contributed by atoms with van der Waals surface area (Å²) in [4.78, 5) is 32.9. The van der Waals surface area contributed by atoms with Crippen LogP contribution in [0.2, 0.25) is 0 Å². The lowest BCUT2D eigenvalue weighted by molar-refractivity contribution is -0.113. The van der Waals surface area contributed by atoms with E-state index in [1.807, 2.05) is 79.7 Å². The Morgan fingerprint density at radius 2 is 1.74 bits per heavy atom. The number of carbonyl (C=O) groups excluding carboxylic acids is 1. The Labute approximate surface area is 231 Å². The largest absolute Gasteiger partial charge is 0.497 e. The molecule has 1 N–H and O–H groups in total. The quantitative estimate of drug-likeness (QED) is 0.381. The number of methoxy groups -OCH3 is 1. The highest BCUT2D eigenvalue weighted by molar-refractivity contribution is 7.07. The summed E-state index contributed by atoms with van der Waals surface area (Å²) < 4.78 is 7.65. The molecule has 0 aliphatic carbocycles. The van der Waals surface area contributed by atoms with Crippen LogP contribution in [0.5, 0.6) is 5.75 Å². The van der Waals surface area contributed by atoms with E-state index >= 15 is 0 Å². The van der Waals surface area contributed by atoms with Crippen molar-refractivity contribution in [1.82, 2.24) is 4.57 Å². The van der Waals surface area contributed by atoms with Crippen molar-refractivity contribution in [3.63, 3.8) is 0 Å². The topological polar surface area (TPSA) is 72.7 Å². The van der Waals surface area contributed by atoms with E-state index in [0.29, 0.717) is 32.0 Å². The lowest BCUT2D eigenvalue weighted by atomic mass is 9.87. The lowest BCUT2D eigenvalue weighted by Crippen LogP contribution is -2.40. The molecule has 0 bridgehead atoms. The van der Waals surface area contributed by atoms with Gasteiger partial charge in [-0.05, 0) is 59.4 Å². The molecule has 1 aliphatic rings. The minimum absolute atomic E-state index is 0.0445. The second-order valence-corrected chi connectivity index (χ2v) is 11.6. The first-order valence-electron chi connectivity index (χ1n) is 12.8. The fourth-order valence-corrected chi connectivity index (χ4v) is 5.74. The number of carbonyl (C=O) groups is 1. The molecule has 39 heavy (non-hydrogen) atoms. The van der Waals surface area contributed by atoms with Gasteiger partial charge in [0.15, 0.2) is 4.80 Å². The van der Waals surface area contributed by atoms with Crippen molar-refractivity contribution in [3.8, 4) is 5.75 Å². The summed E-state index contributed by atoms with van der Waals surface area (Å²) in [5.74, 6) is 0.341. The number of hydrogen-bond acceptors (Lipinski definition) is 5. The van der Waals surface area contributed by atoms with Gasteiger partial charge in [-0.3, -0.25) is 14.2 Å². The number of ether oxygens (including phenoxy) is 1. The highest BCUT2D eigenvalue weighted by Gasteiger charge is 2.32. The summed E-state index contributed by atoms with van der Waals surface area (Å²) in [5.41, 5.74) is 4.44. The van der Waals surface area contributed by atoms with Gasteiger partial charge in [-0.25, -0.2) is 4.99 Å². The third-order valence-electron chi connectivity index (χ3n) is 6.78. The maximum Gasteiger partial charge on any atom is 0.271 e. The van der Waals surface area contributed by atoms with Crippen LogP contribution in [0.4, 0.5) is 5.69 Å². The Morgan fingerprint density at radius 1 is 1.03 bits per heavy atom. The van der Waals surface area contributed by atoms with E-state index in [1.54, 1.807) is 11.7 Å². The molecule has 4 aromatic rings. The van der Waals surface area contributed by atoms with E-state index in [4.69, 9.17) is 9.73 Å². The number of fused-ring (bicyclic) bond motifs is 1. The third kappa shape index (κ3) is 5.36. The van der Waals surface area contributed by atoms with Gasteiger partial charge in [0.05, 0.1) is 29.0 Å². The number of para-hydroxylation sites is 1.